The van der Waals surface area contributed by atoms with Crippen molar-refractivity contribution in [3.8, 4) is 0 Å². The molecule has 1 aromatic carbocycles. The normalized spacial score (nSPS) is 12.4. The lowest BCUT2D eigenvalue weighted by atomic mass is 10.1. The van der Waals surface area contributed by atoms with Gasteiger partial charge < -0.3 is 10.2 Å². The fraction of sp³-hybridized carbons (Fsp3) is 0.312. The van der Waals surface area contributed by atoms with Crippen molar-refractivity contribution in [3.63, 3.8) is 0 Å². The highest BCUT2D eigenvalue weighted by Gasteiger charge is 2.17. The zero-order valence-electron chi connectivity index (χ0n) is 12.4. The predicted octanol–water partition coefficient (Wildman–Crippen LogP) is 3.23. The predicted molar refractivity (Wildman–Crippen MR) is 84.2 cm³/mol. The van der Waals surface area contributed by atoms with Crippen molar-refractivity contribution >= 4 is 17.2 Å². The second-order valence-electron chi connectivity index (χ2n) is 5.16. The van der Waals surface area contributed by atoms with E-state index in [0.717, 1.165) is 0 Å². The summed E-state index contributed by atoms with van der Waals surface area (Å²) >= 11 is 1.67. The Kier molecular flexibility index (Phi) is 5.09. The molecule has 1 aromatic heterocycles. The van der Waals surface area contributed by atoms with Gasteiger partial charge in [0.2, 0.25) is 0 Å². The molecule has 0 bridgehead atoms. The molecule has 0 aliphatic heterocycles. The van der Waals surface area contributed by atoms with Gasteiger partial charge in [-0.3, -0.25) is 4.79 Å². The van der Waals surface area contributed by atoms with Gasteiger partial charge in [-0.25, -0.2) is 4.39 Å². The summed E-state index contributed by atoms with van der Waals surface area (Å²) in [5.74, 6) is -0.496. The SMILES string of the molecule is Cc1cc(F)ccc1C(=O)NCC(c1cccs1)N(C)C. The molecular formula is C16H19FN2OS. The van der Waals surface area contributed by atoms with E-state index in [-0.39, 0.29) is 17.8 Å². The second-order valence-corrected chi connectivity index (χ2v) is 6.14. The van der Waals surface area contributed by atoms with Crippen LogP contribution in [-0.4, -0.2) is 31.4 Å². The van der Waals surface area contributed by atoms with Gasteiger partial charge in [0, 0.05) is 17.0 Å². The minimum Gasteiger partial charge on any atom is -0.350 e. The Bertz CT molecular complexity index is 611. The first-order valence-electron chi connectivity index (χ1n) is 6.73. The highest BCUT2D eigenvalue weighted by atomic mass is 32.1. The topological polar surface area (TPSA) is 32.3 Å². The first-order chi connectivity index (χ1) is 9.99. The summed E-state index contributed by atoms with van der Waals surface area (Å²) in [5, 5.41) is 4.96. The maximum absolute atomic E-state index is 13.1. The maximum Gasteiger partial charge on any atom is 0.251 e. The van der Waals surface area contributed by atoms with Gasteiger partial charge in [-0.1, -0.05) is 6.07 Å². The number of benzene rings is 1. The van der Waals surface area contributed by atoms with Crippen molar-refractivity contribution < 1.29 is 9.18 Å². The summed E-state index contributed by atoms with van der Waals surface area (Å²) in [7, 11) is 3.97. The van der Waals surface area contributed by atoms with Crippen LogP contribution in [-0.2, 0) is 0 Å². The second kappa shape index (κ2) is 6.83. The number of nitrogens with one attached hydrogen (secondary N) is 1. The molecule has 0 aliphatic carbocycles. The molecule has 0 fully saturated rings. The molecule has 1 atom stereocenters. The van der Waals surface area contributed by atoms with E-state index < -0.39 is 0 Å². The van der Waals surface area contributed by atoms with Crippen LogP contribution in [0.3, 0.4) is 0 Å². The summed E-state index contributed by atoms with van der Waals surface area (Å²) < 4.78 is 13.1. The summed E-state index contributed by atoms with van der Waals surface area (Å²) in [6, 6.07) is 8.40. The summed E-state index contributed by atoms with van der Waals surface area (Å²) in [6.07, 6.45) is 0. The zero-order valence-corrected chi connectivity index (χ0v) is 13.2. The maximum atomic E-state index is 13.1. The van der Waals surface area contributed by atoms with Crippen molar-refractivity contribution in [2.45, 2.75) is 13.0 Å². The zero-order chi connectivity index (χ0) is 15.4. The molecule has 0 aliphatic rings. The summed E-state index contributed by atoms with van der Waals surface area (Å²) in [5.41, 5.74) is 1.16. The van der Waals surface area contributed by atoms with Gasteiger partial charge in [0.05, 0.1) is 6.04 Å². The van der Waals surface area contributed by atoms with E-state index in [1.165, 1.54) is 23.1 Å². The molecule has 112 valence electrons. The first kappa shape index (κ1) is 15.7. The molecule has 0 saturated carbocycles. The van der Waals surface area contributed by atoms with Crippen LogP contribution in [0.5, 0.6) is 0 Å². The van der Waals surface area contributed by atoms with E-state index in [9.17, 15) is 9.18 Å². The van der Waals surface area contributed by atoms with Gasteiger partial charge in [-0.15, -0.1) is 11.3 Å². The molecule has 1 unspecified atom stereocenters. The third-order valence-corrected chi connectivity index (χ3v) is 4.36. The number of nitrogens with zero attached hydrogens (tertiary/aromatic N) is 1. The lowest BCUT2D eigenvalue weighted by Gasteiger charge is -2.23. The molecule has 2 aromatic rings. The molecular weight excluding hydrogens is 287 g/mol. The van der Waals surface area contributed by atoms with Gasteiger partial charge >= 0.3 is 0 Å². The Morgan fingerprint density at radius 3 is 2.71 bits per heavy atom. The highest BCUT2D eigenvalue weighted by Crippen LogP contribution is 2.22. The minimum atomic E-state index is -0.325. The molecule has 0 saturated heterocycles. The number of thiophene rings is 1. The van der Waals surface area contributed by atoms with Crippen molar-refractivity contribution in [2.75, 3.05) is 20.6 Å². The molecule has 1 N–H and O–H groups in total. The van der Waals surface area contributed by atoms with Crippen LogP contribution in [0.25, 0.3) is 0 Å². The fourth-order valence-corrected chi connectivity index (χ4v) is 3.11. The third-order valence-electron chi connectivity index (χ3n) is 3.38. The van der Waals surface area contributed by atoms with E-state index in [2.05, 4.69) is 16.3 Å². The van der Waals surface area contributed by atoms with E-state index in [4.69, 9.17) is 0 Å². The number of carbonyl (C=O) groups excluding carboxylic acids is 1. The number of aryl methyl sites for hydroxylation is 1. The number of rotatable bonds is 5. The fourth-order valence-electron chi connectivity index (χ4n) is 2.18. The summed E-state index contributed by atoms with van der Waals surface area (Å²) in [6.45, 7) is 2.25. The van der Waals surface area contributed by atoms with Crippen LogP contribution >= 0.6 is 11.3 Å². The Labute approximate surface area is 128 Å². The van der Waals surface area contributed by atoms with Crippen LogP contribution in [0.15, 0.2) is 35.7 Å². The Hall–Kier alpha value is -1.72. The number of amides is 1. The minimum absolute atomic E-state index is 0.134. The van der Waals surface area contributed by atoms with Crippen LogP contribution in [0.4, 0.5) is 4.39 Å². The van der Waals surface area contributed by atoms with Crippen molar-refractivity contribution in [1.82, 2.24) is 10.2 Å². The van der Waals surface area contributed by atoms with Crippen LogP contribution in [0.1, 0.15) is 26.8 Å². The molecule has 0 spiro atoms. The number of hydrogen-bond acceptors (Lipinski definition) is 3. The van der Waals surface area contributed by atoms with Gasteiger partial charge in [0.25, 0.3) is 5.91 Å². The smallest absolute Gasteiger partial charge is 0.251 e. The van der Waals surface area contributed by atoms with E-state index in [0.29, 0.717) is 17.7 Å². The standard InChI is InChI=1S/C16H19FN2OS/c1-11-9-12(17)6-7-13(11)16(20)18-10-14(19(2)3)15-5-4-8-21-15/h4-9,14H,10H2,1-3H3,(H,18,20). The average molecular weight is 306 g/mol. The van der Waals surface area contributed by atoms with E-state index in [1.807, 2.05) is 25.5 Å². The van der Waals surface area contributed by atoms with E-state index >= 15 is 0 Å². The first-order valence-corrected chi connectivity index (χ1v) is 7.61. The third kappa shape index (κ3) is 3.89. The molecule has 5 heteroatoms. The highest BCUT2D eigenvalue weighted by molar-refractivity contribution is 7.10. The van der Waals surface area contributed by atoms with Crippen molar-refractivity contribution in [1.29, 1.82) is 0 Å². The lowest BCUT2D eigenvalue weighted by Crippen LogP contribution is -2.34. The van der Waals surface area contributed by atoms with Gasteiger partial charge in [-0.2, -0.15) is 0 Å². The molecule has 2 rings (SSSR count). The van der Waals surface area contributed by atoms with Gasteiger partial charge in [-0.05, 0) is 56.2 Å². The monoisotopic (exact) mass is 306 g/mol. The number of likely N-dealkylation sites (N-methyl/N-ethyl adjacent to an activating group) is 1. The quantitative estimate of drug-likeness (QED) is 0.920. The number of carbonyl (C=O) groups is 1. The number of halogens is 1. The van der Waals surface area contributed by atoms with Crippen LogP contribution < -0.4 is 5.32 Å². The largest absolute Gasteiger partial charge is 0.350 e. The molecule has 0 radical (unpaired) electrons. The van der Waals surface area contributed by atoms with Gasteiger partial charge in [0.1, 0.15) is 5.82 Å². The van der Waals surface area contributed by atoms with Crippen LogP contribution in [0.2, 0.25) is 0 Å². The van der Waals surface area contributed by atoms with Crippen molar-refractivity contribution in [3.05, 3.63) is 57.5 Å². The molecule has 1 amide bonds. The average Bonchev–Trinajstić information content (AvgIpc) is 2.92. The molecule has 3 nitrogen and oxygen atoms in total. The summed E-state index contributed by atoms with van der Waals surface area (Å²) in [4.78, 5) is 15.5. The Morgan fingerprint density at radius 1 is 1.38 bits per heavy atom. The Balaban J connectivity index is 2.05. The van der Waals surface area contributed by atoms with E-state index in [1.54, 1.807) is 18.3 Å². The Morgan fingerprint density at radius 2 is 2.14 bits per heavy atom. The van der Waals surface area contributed by atoms with Crippen LogP contribution in [0, 0.1) is 12.7 Å². The van der Waals surface area contributed by atoms with Crippen molar-refractivity contribution in [2.24, 2.45) is 0 Å². The molecule has 1 heterocycles. The number of hydrogen-bond donors (Lipinski definition) is 1. The molecule has 21 heavy (non-hydrogen) atoms. The van der Waals surface area contributed by atoms with Gasteiger partial charge in [0.15, 0.2) is 0 Å². The lowest BCUT2D eigenvalue weighted by molar-refractivity contribution is 0.0941.